The highest BCUT2D eigenvalue weighted by molar-refractivity contribution is 6.35. The maximum atomic E-state index is 13.4. The SMILES string of the molecule is COc1cccc(C23CCN(C(=O)c4ccccc4)CC2Cc2c([nH]c4cccc(Cl)c24)C3)c1. The highest BCUT2D eigenvalue weighted by atomic mass is 35.5. The van der Waals surface area contributed by atoms with E-state index in [9.17, 15) is 4.79 Å². The molecule has 6 rings (SSSR count). The number of aromatic amines is 1. The zero-order valence-electron chi connectivity index (χ0n) is 19.2. The van der Waals surface area contributed by atoms with Crippen molar-refractivity contribution in [3.05, 3.63) is 100 Å². The molecule has 0 saturated carbocycles. The van der Waals surface area contributed by atoms with E-state index >= 15 is 0 Å². The van der Waals surface area contributed by atoms with Crippen LogP contribution in [0.25, 0.3) is 10.9 Å². The second kappa shape index (κ2) is 8.21. The molecule has 4 nitrogen and oxygen atoms in total. The normalized spacial score (nSPS) is 21.7. The number of H-pyrrole nitrogens is 1. The molecule has 0 spiro atoms. The van der Waals surface area contributed by atoms with Crippen molar-refractivity contribution in [2.45, 2.75) is 24.7 Å². The first-order valence-electron chi connectivity index (χ1n) is 11.9. The van der Waals surface area contributed by atoms with Gasteiger partial charge in [-0.15, -0.1) is 0 Å². The van der Waals surface area contributed by atoms with E-state index < -0.39 is 0 Å². The third-order valence-corrected chi connectivity index (χ3v) is 8.23. The molecule has 1 saturated heterocycles. The molecule has 1 aliphatic heterocycles. The van der Waals surface area contributed by atoms with Crippen LogP contribution in [0.1, 0.15) is 33.6 Å². The lowest BCUT2D eigenvalue weighted by Gasteiger charge is -2.51. The fourth-order valence-corrected chi connectivity index (χ4v) is 6.48. The average molecular weight is 471 g/mol. The molecule has 1 aliphatic carbocycles. The summed E-state index contributed by atoms with van der Waals surface area (Å²) in [4.78, 5) is 19.1. The van der Waals surface area contributed by atoms with Crippen molar-refractivity contribution in [3.8, 4) is 5.75 Å². The minimum Gasteiger partial charge on any atom is -0.497 e. The van der Waals surface area contributed by atoms with E-state index in [0.717, 1.165) is 59.6 Å². The number of rotatable bonds is 3. The van der Waals surface area contributed by atoms with Crippen molar-refractivity contribution >= 4 is 28.4 Å². The molecule has 0 bridgehead atoms. The monoisotopic (exact) mass is 470 g/mol. The predicted molar refractivity (Wildman–Crippen MR) is 136 cm³/mol. The Balaban J connectivity index is 1.45. The van der Waals surface area contributed by atoms with E-state index in [1.807, 2.05) is 53.4 Å². The number of hydrogen-bond acceptors (Lipinski definition) is 2. The first-order chi connectivity index (χ1) is 16.6. The van der Waals surface area contributed by atoms with Crippen molar-refractivity contribution in [1.29, 1.82) is 0 Å². The molecule has 4 aromatic rings. The Bertz CT molecular complexity index is 1380. The molecule has 5 heteroatoms. The quantitative estimate of drug-likeness (QED) is 0.397. The Morgan fingerprint density at radius 2 is 1.91 bits per heavy atom. The average Bonchev–Trinajstić information content (AvgIpc) is 3.25. The van der Waals surface area contributed by atoms with Gasteiger partial charge in [0.25, 0.3) is 5.91 Å². The van der Waals surface area contributed by atoms with E-state index in [0.29, 0.717) is 0 Å². The lowest BCUT2D eigenvalue weighted by Crippen LogP contribution is -2.55. The maximum Gasteiger partial charge on any atom is 0.253 e. The Morgan fingerprint density at radius 1 is 1.09 bits per heavy atom. The van der Waals surface area contributed by atoms with E-state index in [1.54, 1.807) is 7.11 Å². The van der Waals surface area contributed by atoms with Crippen LogP contribution in [-0.2, 0) is 18.3 Å². The molecule has 0 radical (unpaired) electrons. The van der Waals surface area contributed by atoms with Crippen LogP contribution in [0, 0.1) is 5.92 Å². The molecule has 172 valence electrons. The van der Waals surface area contributed by atoms with Crippen molar-refractivity contribution in [1.82, 2.24) is 9.88 Å². The highest BCUT2D eigenvalue weighted by Crippen LogP contribution is 2.50. The van der Waals surface area contributed by atoms with Gasteiger partial charge >= 0.3 is 0 Å². The zero-order valence-corrected chi connectivity index (χ0v) is 19.9. The number of piperidine rings is 1. The number of aromatic nitrogens is 1. The summed E-state index contributed by atoms with van der Waals surface area (Å²) in [7, 11) is 1.72. The molecule has 1 aromatic heterocycles. The van der Waals surface area contributed by atoms with Gasteiger partial charge < -0.3 is 14.6 Å². The Labute approximate surface area is 204 Å². The molecule has 2 atom stereocenters. The van der Waals surface area contributed by atoms with Crippen molar-refractivity contribution in [2.24, 2.45) is 5.92 Å². The summed E-state index contributed by atoms with van der Waals surface area (Å²) in [5.41, 5.74) is 5.64. The molecule has 34 heavy (non-hydrogen) atoms. The molecule has 2 unspecified atom stereocenters. The van der Waals surface area contributed by atoms with Crippen molar-refractivity contribution < 1.29 is 9.53 Å². The topological polar surface area (TPSA) is 45.3 Å². The summed E-state index contributed by atoms with van der Waals surface area (Å²) < 4.78 is 5.58. The molecule has 1 amide bonds. The highest BCUT2D eigenvalue weighted by Gasteiger charge is 2.49. The van der Waals surface area contributed by atoms with Crippen LogP contribution in [0.5, 0.6) is 5.75 Å². The lowest BCUT2D eigenvalue weighted by molar-refractivity contribution is 0.0501. The number of amides is 1. The van der Waals surface area contributed by atoms with Gasteiger partial charge in [0, 0.05) is 40.7 Å². The van der Waals surface area contributed by atoms with E-state index in [2.05, 4.69) is 29.2 Å². The number of halogens is 1. The number of methoxy groups -OCH3 is 1. The van der Waals surface area contributed by atoms with Crippen LogP contribution in [0.2, 0.25) is 5.02 Å². The lowest BCUT2D eigenvalue weighted by atomic mass is 9.58. The molecule has 2 heterocycles. The number of ether oxygens (including phenoxy) is 1. The van der Waals surface area contributed by atoms with Gasteiger partial charge in [-0.3, -0.25) is 4.79 Å². The summed E-state index contributed by atoms with van der Waals surface area (Å²) >= 11 is 6.66. The summed E-state index contributed by atoms with van der Waals surface area (Å²) in [6.45, 7) is 1.46. The summed E-state index contributed by atoms with van der Waals surface area (Å²) in [6, 6.07) is 24.2. The fourth-order valence-electron chi connectivity index (χ4n) is 6.19. The van der Waals surface area contributed by atoms with Crippen molar-refractivity contribution in [2.75, 3.05) is 20.2 Å². The minimum absolute atomic E-state index is 0.0671. The fraction of sp³-hybridized carbons (Fsp3) is 0.276. The van der Waals surface area contributed by atoms with Crippen LogP contribution in [0.3, 0.4) is 0 Å². The first-order valence-corrected chi connectivity index (χ1v) is 12.2. The largest absolute Gasteiger partial charge is 0.497 e. The summed E-state index contributed by atoms with van der Waals surface area (Å²) in [5.74, 6) is 1.27. The standard InChI is InChI=1S/C29H27ClN2O2/c1-34-22-10-5-9-20(15-22)29-13-14-32(28(33)19-7-3-2-4-8-19)18-21(29)16-23-26(17-29)31-25-12-6-11-24(30)27(23)25/h2-12,15,21,31H,13-14,16-18H2,1H3. The van der Waals surface area contributed by atoms with Crippen LogP contribution in [0.4, 0.5) is 0 Å². The Morgan fingerprint density at radius 3 is 2.74 bits per heavy atom. The number of carbonyl (C=O) groups excluding carboxylic acids is 1. The Kier molecular flexibility index (Phi) is 5.14. The first kappa shape index (κ1) is 21.3. The number of nitrogens with one attached hydrogen (secondary N) is 1. The number of fused-ring (bicyclic) bond motifs is 4. The predicted octanol–water partition coefficient (Wildman–Crippen LogP) is 6.03. The van der Waals surface area contributed by atoms with Gasteiger partial charge in [0.1, 0.15) is 5.75 Å². The van der Waals surface area contributed by atoms with Crippen LogP contribution in [0.15, 0.2) is 72.8 Å². The van der Waals surface area contributed by atoms with Crippen LogP contribution in [-0.4, -0.2) is 36.0 Å². The van der Waals surface area contributed by atoms with Crippen molar-refractivity contribution in [3.63, 3.8) is 0 Å². The van der Waals surface area contributed by atoms with Crippen LogP contribution < -0.4 is 4.74 Å². The third kappa shape index (κ3) is 3.32. The van der Waals surface area contributed by atoms with Gasteiger partial charge in [0.05, 0.1) is 12.1 Å². The minimum atomic E-state index is -0.0671. The van der Waals surface area contributed by atoms with Gasteiger partial charge in [0.15, 0.2) is 0 Å². The number of likely N-dealkylation sites (tertiary alicyclic amines) is 1. The van der Waals surface area contributed by atoms with Gasteiger partial charge in [-0.05, 0) is 72.7 Å². The molecule has 2 aliphatic rings. The Hall–Kier alpha value is -3.24. The molecule has 1 fully saturated rings. The number of benzene rings is 3. The molecular formula is C29H27ClN2O2. The maximum absolute atomic E-state index is 13.4. The van der Waals surface area contributed by atoms with Gasteiger partial charge in [0.2, 0.25) is 0 Å². The smallest absolute Gasteiger partial charge is 0.253 e. The third-order valence-electron chi connectivity index (χ3n) is 7.91. The summed E-state index contributed by atoms with van der Waals surface area (Å²) in [5, 5.41) is 1.92. The van der Waals surface area contributed by atoms with E-state index in [1.165, 1.54) is 16.8 Å². The second-order valence-corrected chi connectivity index (χ2v) is 9.98. The second-order valence-electron chi connectivity index (χ2n) is 9.58. The molecular weight excluding hydrogens is 444 g/mol. The molecule has 3 aromatic carbocycles. The van der Waals surface area contributed by atoms with Gasteiger partial charge in [-0.25, -0.2) is 0 Å². The number of hydrogen-bond donors (Lipinski definition) is 1. The van der Waals surface area contributed by atoms with Gasteiger partial charge in [-0.2, -0.15) is 0 Å². The van der Waals surface area contributed by atoms with Gasteiger partial charge in [-0.1, -0.05) is 48.0 Å². The molecule has 1 N–H and O–H groups in total. The number of nitrogens with zero attached hydrogens (tertiary/aromatic N) is 1. The van der Waals surface area contributed by atoms with E-state index in [4.69, 9.17) is 16.3 Å². The van der Waals surface area contributed by atoms with E-state index in [-0.39, 0.29) is 17.2 Å². The zero-order chi connectivity index (χ0) is 23.3. The number of carbonyl (C=O) groups is 1. The summed E-state index contributed by atoms with van der Waals surface area (Å²) in [6.07, 6.45) is 2.69. The van der Waals surface area contributed by atoms with Crippen LogP contribution >= 0.6 is 11.6 Å².